The van der Waals surface area contributed by atoms with Crippen molar-refractivity contribution >= 4 is 41.8 Å². The van der Waals surface area contributed by atoms with E-state index in [1.807, 2.05) is 6.07 Å². The second-order valence-corrected chi connectivity index (χ2v) is 7.80. The Kier molecular flexibility index (Phi) is 3.80. The van der Waals surface area contributed by atoms with E-state index in [-0.39, 0.29) is 0 Å². The molecule has 0 saturated heterocycles. The van der Waals surface area contributed by atoms with Crippen LogP contribution in [0.4, 0.5) is 11.5 Å². The number of benzene rings is 2. The van der Waals surface area contributed by atoms with Gasteiger partial charge in [0.2, 0.25) is 0 Å². The molecule has 0 radical (unpaired) electrons. The first-order chi connectivity index (χ1) is 11.3. The third kappa shape index (κ3) is 2.85. The van der Waals surface area contributed by atoms with E-state index in [9.17, 15) is 0 Å². The van der Waals surface area contributed by atoms with Gasteiger partial charge in [0, 0.05) is 0 Å². The number of fused-ring (bicyclic) bond motifs is 1. The van der Waals surface area contributed by atoms with Gasteiger partial charge in [0.15, 0.2) is 0 Å². The topological polar surface area (TPSA) is 29.0 Å². The van der Waals surface area contributed by atoms with Crippen LogP contribution in [0.5, 0.6) is 0 Å². The van der Waals surface area contributed by atoms with Gasteiger partial charge in [-0.15, -0.1) is 0 Å². The molecule has 0 N–H and O–H groups in total. The monoisotopic (exact) mass is 369 g/mol. The van der Waals surface area contributed by atoms with Crippen molar-refractivity contribution in [2.45, 2.75) is 24.6 Å². The minimum atomic E-state index is 0.540. The Labute approximate surface area is 142 Å². The second-order valence-electron chi connectivity index (χ2n) is 5.95. The van der Waals surface area contributed by atoms with E-state index in [4.69, 9.17) is 9.97 Å². The van der Waals surface area contributed by atoms with Crippen LogP contribution in [0.2, 0.25) is 5.82 Å². The van der Waals surface area contributed by atoms with Gasteiger partial charge in [-0.25, -0.2) is 0 Å². The summed E-state index contributed by atoms with van der Waals surface area (Å²) >= 11 is 0.540. The standard InChI is InChI=1S/C19H19N3Se/c1-22(14-9-11-15(23-2)12-10-14)19-16-5-3-4-6-17(16)20-18(21-19)13-7-8-13/h3-6,9-13H,7-8H2,1-2H3. The number of para-hydroxylation sites is 1. The maximum atomic E-state index is 4.90. The number of aromatic nitrogens is 2. The molecule has 1 aliphatic carbocycles. The Morgan fingerprint density at radius 1 is 1.00 bits per heavy atom. The summed E-state index contributed by atoms with van der Waals surface area (Å²) in [6.45, 7) is 0. The number of nitrogens with zero attached hydrogens (tertiary/aromatic N) is 3. The minimum absolute atomic E-state index is 0.540. The molecule has 23 heavy (non-hydrogen) atoms. The number of anilines is 2. The molecule has 2 aromatic carbocycles. The van der Waals surface area contributed by atoms with Crippen LogP contribution in [0.1, 0.15) is 24.6 Å². The van der Waals surface area contributed by atoms with Gasteiger partial charge >= 0.3 is 143 Å². The van der Waals surface area contributed by atoms with E-state index in [2.05, 4.69) is 60.2 Å². The summed E-state index contributed by atoms with van der Waals surface area (Å²) < 4.78 is 1.42. The Morgan fingerprint density at radius 3 is 2.43 bits per heavy atom. The van der Waals surface area contributed by atoms with E-state index < -0.39 is 0 Å². The first kappa shape index (κ1) is 14.7. The van der Waals surface area contributed by atoms with E-state index in [1.165, 1.54) is 23.0 Å². The first-order valence-electron chi connectivity index (χ1n) is 7.91. The number of hydrogen-bond donors (Lipinski definition) is 0. The summed E-state index contributed by atoms with van der Waals surface area (Å²) in [5, 5.41) is 1.11. The van der Waals surface area contributed by atoms with Crippen molar-refractivity contribution in [1.82, 2.24) is 9.97 Å². The molecule has 0 amide bonds. The molecule has 1 heterocycles. The zero-order valence-corrected chi connectivity index (χ0v) is 15.1. The molecule has 1 aliphatic rings. The number of rotatable bonds is 4. The molecule has 0 atom stereocenters. The summed E-state index contributed by atoms with van der Waals surface area (Å²) in [6.07, 6.45) is 2.43. The second kappa shape index (κ2) is 5.95. The third-order valence-corrected chi connectivity index (χ3v) is 5.88. The summed E-state index contributed by atoms with van der Waals surface area (Å²) in [4.78, 5) is 11.8. The van der Waals surface area contributed by atoms with Gasteiger partial charge in [0.25, 0.3) is 0 Å². The molecule has 0 bridgehead atoms. The van der Waals surface area contributed by atoms with E-state index in [0.29, 0.717) is 20.9 Å². The average molecular weight is 368 g/mol. The van der Waals surface area contributed by atoms with Gasteiger partial charge in [-0.3, -0.25) is 0 Å². The van der Waals surface area contributed by atoms with E-state index in [0.717, 1.165) is 22.5 Å². The normalized spacial score (nSPS) is 14.2. The van der Waals surface area contributed by atoms with Gasteiger partial charge in [0.1, 0.15) is 0 Å². The van der Waals surface area contributed by atoms with Gasteiger partial charge in [0.05, 0.1) is 0 Å². The van der Waals surface area contributed by atoms with Gasteiger partial charge in [-0.2, -0.15) is 0 Å². The molecule has 0 spiro atoms. The summed E-state index contributed by atoms with van der Waals surface area (Å²) in [5.74, 6) is 4.80. The van der Waals surface area contributed by atoms with Crippen LogP contribution >= 0.6 is 0 Å². The van der Waals surface area contributed by atoms with Gasteiger partial charge < -0.3 is 0 Å². The molecule has 0 aliphatic heterocycles. The Morgan fingerprint density at radius 2 is 1.74 bits per heavy atom. The predicted molar refractivity (Wildman–Crippen MR) is 97.3 cm³/mol. The fourth-order valence-electron chi connectivity index (χ4n) is 2.79. The van der Waals surface area contributed by atoms with Crippen molar-refractivity contribution in [3.8, 4) is 0 Å². The average Bonchev–Trinajstić information content (AvgIpc) is 3.45. The summed E-state index contributed by atoms with van der Waals surface area (Å²) in [7, 11) is 2.09. The van der Waals surface area contributed by atoms with Crippen molar-refractivity contribution in [2.24, 2.45) is 0 Å². The quantitative estimate of drug-likeness (QED) is 0.659. The van der Waals surface area contributed by atoms with Gasteiger partial charge in [-0.05, 0) is 0 Å². The van der Waals surface area contributed by atoms with Crippen LogP contribution in [0.15, 0.2) is 48.5 Å². The molecular weight excluding hydrogens is 349 g/mol. The molecule has 4 heteroatoms. The molecular formula is C19H19N3Se. The summed E-state index contributed by atoms with van der Waals surface area (Å²) in [6, 6.07) is 17.1. The molecule has 116 valence electrons. The zero-order valence-electron chi connectivity index (χ0n) is 13.4. The van der Waals surface area contributed by atoms with Crippen molar-refractivity contribution in [2.75, 3.05) is 11.9 Å². The first-order valence-corrected chi connectivity index (χ1v) is 10.5. The van der Waals surface area contributed by atoms with Gasteiger partial charge in [-0.1, -0.05) is 0 Å². The maximum absolute atomic E-state index is 4.90. The van der Waals surface area contributed by atoms with Crippen molar-refractivity contribution in [3.63, 3.8) is 0 Å². The van der Waals surface area contributed by atoms with Crippen LogP contribution in [-0.2, 0) is 0 Å². The van der Waals surface area contributed by atoms with Crippen molar-refractivity contribution < 1.29 is 0 Å². The molecule has 1 saturated carbocycles. The van der Waals surface area contributed by atoms with Crippen molar-refractivity contribution in [1.29, 1.82) is 0 Å². The van der Waals surface area contributed by atoms with Crippen LogP contribution in [0.3, 0.4) is 0 Å². The predicted octanol–water partition coefficient (Wildman–Crippen LogP) is 3.65. The number of hydrogen-bond acceptors (Lipinski definition) is 3. The molecule has 1 fully saturated rings. The molecule has 1 aromatic heterocycles. The fraction of sp³-hybridized carbons (Fsp3) is 0.263. The Balaban J connectivity index is 1.82. The van der Waals surface area contributed by atoms with Crippen molar-refractivity contribution in [3.05, 3.63) is 54.4 Å². The SMILES string of the molecule is C[Se]c1ccc(N(C)c2nc(C3CC3)nc3ccccc23)cc1. The van der Waals surface area contributed by atoms with Crippen LogP contribution < -0.4 is 9.36 Å². The zero-order chi connectivity index (χ0) is 15.8. The summed E-state index contributed by atoms with van der Waals surface area (Å²) in [5.41, 5.74) is 2.21. The molecule has 3 aromatic rings. The molecule has 0 unspecified atom stereocenters. The van der Waals surface area contributed by atoms with Crippen LogP contribution in [0, 0.1) is 0 Å². The van der Waals surface area contributed by atoms with E-state index in [1.54, 1.807) is 0 Å². The Bertz CT molecular complexity index is 841. The third-order valence-electron chi connectivity index (χ3n) is 4.32. The fourth-order valence-corrected chi connectivity index (χ4v) is 3.64. The van der Waals surface area contributed by atoms with Crippen LogP contribution in [0.25, 0.3) is 10.9 Å². The molecule has 4 rings (SSSR count). The molecule has 3 nitrogen and oxygen atoms in total. The van der Waals surface area contributed by atoms with E-state index >= 15 is 0 Å². The van der Waals surface area contributed by atoms with Crippen LogP contribution in [-0.4, -0.2) is 32.0 Å². The Hall–Kier alpha value is -1.90.